The maximum atomic E-state index is 12.6. The van der Waals surface area contributed by atoms with Crippen LogP contribution < -0.4 is 24.3 Å². The van der Waals surface area contributed by atoms with Gasteiger partial charge in [-0.25, -0.2) is 4.63 Å². The van der Waals surface area contributed by atoms with Crippen molar-refractivity contribution in [2.24, 2.45) is 0 Å². The first-order chi connectivity index (χ1) is 13.7. The Hall–Kier alpha value is -3.75. The summed E-state index contributed by atoms with van der Waals surface area (Å²) in [6.07, 6.45) is -0.829. The average molecular weight is 383 g/mol. The summed E-state index contributed by atoms with van der Waals surface area (Å²) in [7, 11) is 3.08. The van der Waals surface area contributed by atoms with E-state index in [0.29, 0.717) is 34.3 Å². The Balaban J connectivity index is 1.53. The van der Waals surface area contributed by atoms with E-state index >= 15 is 0 Å². The number of anilines is 1. The van der Waals surface area contributed by atoms with E-state index in [1.807, 2.05) is 6.07 Å². The number of aromatic nitrogens is 2. The Kier molecular flexibility index (Phi) is 4.71. The van der Waals surface area contributed by atoms with Gasteiger partial charge in [0.05, 0.1) is 14.2 Å². The van der Waals surface area contributed by atoms with E-state index in [1.165, 1.54) is 7.11 Å². The molecule has 2 heterocycles. The van der Waals surface area contributed by atoms with E-state index in [2.05, 4.69) is 15.6 Å². The summed E-state index contributed by atoms with van der Waals surface area (Å²) in [4.78, 5) is 12.6. The quantitative estimate of drug-likeness (QED) is 0.717. The van der Waals surface area contributed by atoms with E-state index in [9.17, 15) is 4.79 Å². The number of ether oxygens (including phenoxy) is 4. The molecule has 28 heavy (non-hydrogen) atoms. The highest BCUT2D eigenvalue weighted by Gasteiger charge is 2.29. The fourth-order valence-corrected chi connectivity index (χ4v) is 2.79. The Morgan fingerprint density at radius 2 is 1.86 bits per heavy atom. The molecule has 0 aliphatic carbocycles. The van der Waals surface area contributed by atoms with Gasteiger partial charge >= 0.3 is 0 Å². The van der Waals surface area contributed by atoms with Gasteiger partial charge in [-0.3, -0.25) is 4.79 Å². The second kappa shape index (κ2) is 7.47. The lowest BCUT2D eigenvalue weighted by molar-refractivity contribution is -0.125. The summed E-state index contributed by atoms with van der Waals surface area (Å²) in [5.74, 6) is 1.93. The third-order valence-corrected chi connectivity index (χ3v) is 4.19. The molecule has 3 aromatic rings. The highest BCUT2D eigenvalue weighted by atomic mass is 16.6. The number of amides is 1. The van der Waals surface area contributed by atoms with Crippen molar-refractivity contribution in [3.05, 3.63) is 42.5 Å². The molecule has 144 valence electrons. The molecule has 1 N–H and O–H groups in total. The Bertz CT molecular complexity index is 1000. The summed E-state index contributed by atoms with van der Waals surface area (Å²) < 4.78 is 26.6. The monoisotopic (exact) mass is 383 g/mol. The second-order valence-electron chi connectivity index (χ2n) is 5.88. The Morgan fingerprint density at radius 3 is 2.64 bits per heavy atom. The molecule has 4 rings (SSSR count). The zero-order chi connectivity index (χ0) is 19.5. The summed E-state index contributed by atoms with van der Waals surface area (Å²) >= 11 is 0. The molecule has 1 aliphatic rings. The van der Waals surface area contributed by atoms with Gasteiger partial charge in [0.1, 0.15) is 6.61 Å². The normalized spacial score (nSPS) is 15.0. The molecule has 0 saturated heterocycles. The third kappa shape index (κ3) is 3.29. The molecular weight excluding hydrogens is 366 g/mol. The average Bonchev–Trinajstić information content (AvgIpc) is 3.20. The third-order valence-electron chi connectivity index (χ3n) is 4.19. The van der Waals surface area contributed by atoms with Crippen LogP contribution in [0.1, 0.15) is 0 Å². The largest absolute Gasteiger partial charge is 0.493 e. The Labute approximate surface area is 160 Å². The Morgan fingerprint density at radius 1 is 1.07 bits per heavy atom. The van der Waals surface area contributed by atoms with Gasteiger partial charge in [-0.2, -0.15) is 0 Å². The first-order valence-corrected chi connectivity index (χ1v) is 8.44. The molecule has 1 atom stereocenters. The molecule has 9 nitrogen and oxygen atoms in total. The number of benzene rings is 2. The van der Waals surface area contributed by atoms with Crippen LogP contribution in [0.2, 0.25) is 0 Å². The van der Waals surface area contributed by atoms with Gasteiger partial charge in [-0.05, 0) is 40.6 Å². The van der Waals surface area contributed by atoms with E-state index in [1.54, 1.807) is 43.5 Å². The smallest absolute Gasteiger partial charge is 0.270 e. The molecule has 0 bridgehead atoms. The van der Waals surface area contributed by atoms with Crippen LogP contribution in [0, 0.1) is 0 Å². The van der Waals surface area contributed by atoms with E-state index in [0.717, 1.165) is 0 Å². The SMILES string of the molecule is COc1ccc(-c2nonc2NC(=O)C2COc3ccccc3O2)cc1OC. The van der Waals surface area contributed by atoms with Crippen molar-refractivity contribution >= 4 is 11.7 Å². The van der Waals surface area contributed by atoms with Crippen LogP contribution in [0.15, 0.2) is 47.1 Å². The highest BCUT2D eigenvalue weighted by molar-refractivity contribution is 5.96. The van der Waals surface area contributed by atoms with Crippen molar-refractivity contribution in [2.45, 2.75) is 6.10 Å². The van der Waals surface area contributed by atoms with Crippen LogP contribution in [0.25, 0.3) is 11.3 Å². The van der Waals surface area contributed by atoms with E-state index in [-0.39, 0.29) is 12.4 Å². The van der Waals surface area contributed by atoms with Crippen LogP contribution in [0.4, 0.5) is 5.82 Å². The van der Waals surface area contributed by atoms with Crippen LogP contribution >= 0.6 is 0 Å². The minimum Gasteiger partial charge on any atom is -0.493 e. The molecule has 0 fully saturated rings. The molecule has 1 unspecified atom stereocenters. The molecule has 1 aliphatic heterocycles. The summed E-state index contributed by atoms with van der Waals surface area (Å²) in [6, 6.07) is 12.3. The molecular formula is C19H17N3O6. The number of fused-ring (bicyclic) bond motifs is 1. The van der Waals surface area contributed by atoms with Gasteiger partial charge in [0.25, 0.3) is 5.91 Å². The topological polar surface area (TPSA) is 105 Å². The zero-order valence-electron chi connectivity index (χ0n) is 15.2. The molecule has 2 aromatic carbocycles. The van der Waals surface area contributed by atoms with Crippen LogP contribution in [0.5, 0.6) is 23.0 Å². The maximum Gasteiger partial charge on any atom is 0.270 e. The molecule has 0 spiro atoms. The van der Waals surface area contributed by atoms with Gasteiger partial charge in [-0.1, -0.05) is 12.1 Å². The minimum atomic E-state index is -0.829. The van der Waals surface area contributed by atoms with Gasteiger partial charge in [0, 0.05) is 5.56 Å². The summed E-state index contributed by atoms with van der Waals surface area (Å²) in [5.41, 5.74) is 0.992. The number of methoxy groups -OCH3 is 2. The standard InChI is InChI=1S/C19H17N3O6/c1-24-12-8-7-11(9-15(12)25-2)17-18(22-28-21-17)20-19(23)16-10-26-13-5-3-4-6-14(13)27-16/h3-9,16H,10H2,1-2H3,(H,20,22,23). The summed E-state index contributed by atoms with van der Waals surface area (Å²) in [6.45, 7) is 0.0832. The number of hydrogen-bond acceptors (Lipinski definition) is 8. The number of rotatable bonds is 5. The van der Waals surface area contributed by atoms with Crippen LogP contribution in [-0.4, -0.2) is 43.2 Å². The molecule has 9 heteroatoms. The van der Waals surface area contributed by atoms with Crippen molar-refractivity contribution in [3.63, 3.8) is 0 Å². The predicted octanol–water partition coefficient (Wildman–Crippen LogP) is 2.53. The van der Waals surface area contributed by atoms with Crippen molar-refractivity contribution in [1.82, 2.24) is 10.3 Å². The lowest BCUT2D eigenvalue weighted by atomic mass is 10.1. The minimum absolute atomic E-state index is 0.0832. The van der Waals surface area contributed by atoms with Crippen LogP contribution in [0.3, 0.4) is 0 Å². The molecule has 1 aromatic heterocycles. The van der Waals surface area contributed by atoms with E-state index in [4.69, 9.17) is 23.6 Å². The second-order valence-corrected chi connectivity index (χ2v) is 5.88. The fourth-order valence-electron chi connectivity index (χ4n) is 2.79. The van der Waals surface area contributed by atoms with E-state index < -0.39 is 12.0 Å². The van der Waals surface area contributed by atoms with Crippen molar-refractivity contribution in [1.29, 1.82) is 0 Å². The van der Waals surface area contributed by atoms with Gasteiger partial charge in [-0.15, -0.1) is 0 Å². The van der Waals surface area contributed by atoms with Gasteiger partial charge in [0.2, 0.25) is 11.9 Å². The fraction of sp³-hybridized carbons (Fsp3) is 0.211. The highest BCUT2D eigenvalue weighted by Crippen LogP contribution is 2.34. The molecule has 1 amide bonds. The number of para-hydroxylation sites is 2. The lowest BCUT2D eigenvalue weighted by Crippen LogP contribution is -2.40. The number of carbonyl (C=O) groups excluding carboxylic acids is 1. The molecule has 0 saturated carbocycles. The first kappa shape index (κ1) is 17.7. The van der Waals surface area contributed by atoms with Crippen molar-refractivity contribution in [3.8, 4) is 34.3 Å². The van der Waals surface area contributed by atoms with Gasteiger partial charge < -0.3 is 24.3 Å². The number of nitrogens with one attached hydrogen (secondary N) is 1. The number of hydrogen-bond donors (Lipinski definition) is 1. The summed E-state index contributed by atoms with van der Waals surface area (Å²) in [5, 5.41) is 10.3. The maximum absolute atomic E-state index is 12.6. The van der Waals surface area contributed by atoms with Crippen molar-refractivity contribution in [2.75, 3.05) is 26.1 Å². The molecule has 0 radical (unpaired) electrons. The predicted molar refractivity (Wildman–Crippen MR) is 97.8 cm³/mol. The number of carbonyl (C=O) groups is 1. The van der Waals surface area contributed by atoms with Crippen LogP contribution in [-0.2, 0) is 4.79 Å². The van der Waals surface area contributed by atoms with Crippen molar-refractivity contribution < 1.29 is 28.4 Å². The zero-order valence-corrected chi connectivity index (χ0v) is 15.2. The lowest BCUT2D eigenvalue weighted by Gasteiger charge is -2.25. The first-order valence-electron chi connectivity index (χ1n) is 8.44. The van der Waals surface area contributed by atoms with Gasteiger partial charge in [0.15, 0.2) is 28.7 Å². The number of nitrogens with zero attached hydrogens (tertiary/aromatic N) is 2.